The lowest BCUT2D eigenvalue weighted by molar-refractivity contribution is 0.223. The normalized spacial score (nSPS) is 18.9. The third kappa shape index (κ3) is 8.12. The molecule has 2 unspecified atom stereocenters. The number of ether oxygens (including phenoxy) is 1. The summed E-state index contributed by atoms with van der Waals surface area (Å²) in [5, 5.41) is 6.82. The molecule has 1 heterocycles. The highest BCUT2D eigenvalue weighted by Gasteiger charge is 2.21. The maximum Gasteiger partial charge on any atom is 0.191 e. The summed E-state index contributed by atoms with van der Waals surface area (Å²) in [5.41, 5.74) is 1.21. The van der Waals surface area contributed by atoms with Crippen LogP contribution in [-0.2, 0) is 0 Å². The number of rotatable bonds is 8. The van der Waals surface area contributed by atoms with Crippen LogP contribution in [0.3, 0.4) is 0 Å². The molecule has 6 heteroatoms. The van der Waals surface area contributed by atoms with Crippen LogP contribution in [0.1, 0.15) is 32.3 Å². The molecule has 2 rings (SSSR count). The Morgan fingerprint density at radius 3 is 2.88 bits per heavy atom. The van der Waals surface area contributed by atoms with Gasteiger partial charge in [-0.3, -0.25) is 4.99 Å². The van der Waals surface area contributed by atoms with Crippen LogP contribution < -0.4 is 15.4 Å². The molecule has 0 spiro atoms. The zero-order valence-electron chi connectivity index (χ0n) is 16.6. The number of guanidine groups is 1. The van der Waals surface area contributed by atoms with E-state index in [1.165, 1.54) is 38.0 Å². The third-order valence-electron chi connectivity index (χ3n) is 4.58. The molecule has 0 aromatic heterocycles. The van der Waals surface area contributed by atoms with E-state index >= 15 is 0 Å². The van der Waals surface area contributed by atoms with Gasteiger partial charge in [0.15, 0.2) is 5.96 Å². The first-order valence-electron chi connectivity index (χ1n) is 9.51. The van der Waals surface area contributed by atoms with Crippen molar-refractivity contribution in [3.05, 3.63) is 29.8 Å². The third-order valence-corrected chi connectivity index (χ3v) is 4.58. The van der Waals surface area contributed by atoms with E-state index in [0.29, 0.717) is 5.92 Å². The molecule has 148 valence electrons. The van der Waals surface area contributed by atoms with Gasteiger partial charge in [-0.25, -0.2) is 0 Å². The van der Waals surface area contributed by atoms with Gasteiger partial charge >= 0.3 is 0 Å². The van der Waals surface area contributed by atoms with Gasteiger partial charge in [0, 0.05) is 20.1 Å². The largest absolute Gasteiger partial charge is 0.489 e. The van der Waals surface area contributed by atoms with Crippen LogP contribution in [0.25, 0.3) is 0 Å². The van der Waals surface area contributed by atoms with E-state index < -0.39 is 0 Å². The number of aliphatic imine (C=N–C) groups is 1. The van der Waals surface area contributed by atoms with Crippen molar-refractivity contribution in [1.29, 1.82) is 0 Å². The molecule has 1 aromatic carbocycles. The molecular weight excluding hydrogens is 439 g/mol. The van der Waals surface area contributed by atoms with Gasteiger partial charge in [0.1, 0.15) is 11.9 Å². The number of nitrogens with one attached hydrogen (secondary N) is 2. The Hall–Kier alpha value is -1.02. The fourth-order valence-corrected chi connectivity index (χ4v) is 3.26. The first-order chi connectivity index (χ1) is 12.1. The minimum Gasteiger partial charge on any atom is -0.489 e. The molecular formula is C20H35IN4O. The van der Waals surface area contributed by atoms with Crippen LogP contribution in [0.4, 0.5) is 0 Å². The summed E-state index contributed by atoms with van der Waals surface area (Å²) < 4.78 is 5.96. The topological polar surface area (TPSA) is 48.9 Å². The summed E-state index contributed by atoms with van der Waals surface area (Å²) in [5.74, 6) is 2.49. The molecule has 26 heavy (non-hydrogen) atoms. The van der Waals surface area contributed by atoms with E-state index in [1.54, 1.807) is 0 Å². The van der Waals surface area contributed by atoms with Crippen molar-refractivity contribution in [2.75, 3.05) is 39.8 Å². The first-order valence-corrected chi connectivity index (χ1v) is 9.51. The predicted octanol–water partition coefficient (Wildman–Crippen LogP) is 3.28. The first kappa shape index (κ1) is 23.0. The van der Waals surface area contributed by atoms with Crippen LogP contribution >= 0.6 is 24.0 Å². The Morgan fingerprint density at radius 2 is 2.19 bits per heavy atom. The van der Waals surface area contributed by atoms with Gasteiger partial charge in [0.25, 0.3) is 0 Å². The molecule has 1 saturated heterocycles. The minimum atomic E-state index is 0. The highest BCUT2D eigenvalue weighted by molar-refractivity contribution is 14.0. The second kappa shape index (κ2) is 12.4. The average Bonchev–Trinajstić information content (AvgIpc) is 3.03. The Labute approximate surface area is 176 Å². The molecule has 1 aliphatic rings. The lowest BCUT2D eigenvalue weighted by atomic mass is 10.1. The number of likely N-dealkylation sites (tertiary alicyclic amines) is 1. The summed E-state index contributed by atoms with van der Waals surface area (Å²) in [6, 6.07) is 8.16. The van der Waals surface area contributed by atoms with Gasteiger partial charge < -0.3 is 20.3 Å². The Bertz CT molecular complexity index is 552. The van der Waals surface area contributed by atoms with Gasteiger partial charge in [-0.2, -0.15) is 0 Å². The number of hydrogen-bond acceptors (Lipinski definition) is 3. The van der Waals surface area contributed by atoms with Crippen LogP contribution in [0, 0.1) is 12.8 Å². The number of nitrogens with zero attached hydrogens (tertiary/aromatic N) is 2. The van der Waals surface area contributed by atoms with E-state index in [-0.39, 0.29) is 30.1 Å². The second-order valence-corrected chi connectivity index (χ2v) is 7.03. The van der Waals surface area contributed by atoms with Gasteiger partial charge in [-0.15, -0.1) is 24.0 Å². The zero-order chi connectivity index (χ0) is 18.1. The highest BCUT2D eigenvalue weighted by Crippen LogP contribution is 2.15. The number of aryl methyl sites for hydroxylation is 1. The van der Waals surface area contributed by atoms with Crippen molar-refractivity contribution in [1.82, 2.24) is 15.5 Å². The molecule has 0 amide bonds. The molecule has 0 aliphatic carbocycles. The smallest absolute Gasteiger partial charge is 0.191 e. The Kier molecular flexibility index (Phi) is 11.0. The quantitative estimate of drug-likeness (QED) is 0.345. The molecule has 2 atom stereocenters. The van der Waals surface area contributed by atoms with Crippen molar-refractivity contribution in [3.8, 4) is 5.75 Å². The molecule has 1 aliphatic heterocycles. The van der Waals surface area contributed by atoms with Crippen molar-refractivity contribution >= 4 is 29.9 Å². The van der Waals surface area contributed by atoms with E-state index in [9.17, 15) is 0 Å². The van der Waals surface area contributed by atoms with Crippen LogP contribution in [0.5, 0.6) is 5.75 Å². The van der Waals surface area contributed by atoms with E-state index in [0.717, 1.165) is 24.8 Å². The lowest BCUT2D eigenvalue weighted by Crippen LogP contribution is -2.43. The summed E-state index contributed by atoms with van der Waals surface area (Å²) in [4.78, 5) is 6.88. The number of hydrogen-bond donors (Lipinski definition) is 2. The predicted molar refractivity (Wildman–Crippen MR) is 121 cm³/mol. The van der Waals surface area contributed by atoms with Crippen LogP contribution in [-0.4, -0.2) is 56.7 Å². The maximum absolute atomic E-state index is 5.96. The summed E-state index contributed by atoms with van der Waals surface area (Å²) in [6.45, 7) is 11.7. The van der Waals surface area contributed by atoms with E-state index in [4.69, 9.17) is 4.74 Å². The maximum atomic E-state index is 5.96. The molecule has 1 aromatic rings. The van der Waals surface area contributed by atoms with Crippen molar-refractivity contribution in [2.24, 2.45) is 10.9 Å². The van der Waals surface area contributed by atoms with E-state index in [1.807, 2.05) is 19.2 Å². The zero-order valence-corrected chi connectivity index (χ0v) is 19.0. The van der Waals surface area contributed by atoms with E-state index in [2.05, 4.69) is 53.4 Å². The van der Waals surface area contributed by atoms with Crippen LogP contribution in [0.2, 0.25) is 0 Å². The Morgan fingerprint density at radius 1 is 1.38 bits per heavy atom. The second-order valence-electron chi connectivity index (χ2n) is 7.03. The minimum absolute atomic E-state index is 0. The van der Waals surface area contributed by atoms with Gasteiger partial charge in [0.05, 0.1) is 6.54 Å². The highest BCUT2D eigenvalue weighted by atomic mass is 127. The SMILES string of the molecule is CCCN1CCC(CNC(=NC)NCC(C)Oc2cccc(C)c2)C1.I. The average molecular weight is 474 g/mol. The monoisotopic (exact) mass is 474 g/mol. The standard InChI is InChI=1S/C20H34N4O.HI/c1-5-10-24-11-9-18(15-24)14-23-20(21-4)22-13-17(3)25-19-8-6-7-16(2)12-19;/h6-8,12,17-18H,5,9-11,13-15H2,1-4H3,(H2,21,22,23);1H. The van der Waals surface area contributed by atoms with Gasteiger partial charge in [-0.05, 0) is 63.4 Å². The fourth-order valence-electron chi connectivity index (χ4n) is 3.26. The molecule has 1 fully saturated rings. The van der Waals surface area contributed by atoms with Crippen molar-refractivity contribution in [3.63, 3.8) is 0 Å². The van der Waals surface area contributed by atoms with Gasteiger partial charge in [-0.1, -0.05) is 19.1 Å². The number of halogens is 1. The Balaban J connectivity index is 0.00000338. The summed E-state index contributed by atoms with van der Waals surface area (Å²) in [6.07, 6.45) is 2.59. The molecule has 0 radical (unpaired) electrons. The molecule has 0 saturated carbocycles. The summed E-state index contributed by atoms with van der Waals surface area (Å²) >= 11 is 0. The molecule has 0 bridgehead atoms. The molecule has 5 nitrogen and oxygen atoms in total. The van der Waals surface area contributed by atoms with Crippen molar-refractivity contribution in [2.45, 2.75) is 39.7 Å². The van der Waals surface area contributed by atoms with Crippen molar-refractivity contribution < 1.29 is 4.74 Å². The molecule has 2 N–H and O–H groups in total. The van der Waals surface area contributed by atoms with Gasteiger partial charge in [0.2, 0.25) is 0 Å². The lowest BCUT2D eigenvalue weighted by Gasteiger charge is -2.19. The van der Waals surface area contributed by atoms with Crippen LogP contribution in [0.15, 0.2) is 29.3 Å². The number of benzene rings is 1. The fraction of sp³-hybridized carbons (Fsp3) is 0.650. The summed E-state index contributed by atoms with van der Waals surface area (Å²) in [7, 11) is 1.82.